The van der Waals surface area contributed by atoms with Gasteiger partial charge in [0.15, 0.2) is 0 Å². The average molecular weight is 238 g/mol. The predicted molar refractivity (Wildman–Crippen MR) is 72.0 cm³/mol. The predicted octanol–water partition coefficient (Wildman–Crippen LogP) is 3.04. The van der Waals surface area contributed by atoms with Gasteiger partial charge < -0.3 is 10.2 Å². The lowest BCUT2D eigenvalue weighted by molar-refractivity contribution is 0.494. The quantitative estimate of drug-likeness (QED) is 0.785. The molecule has 0 saturated heterocycles. The van der Waals surface area contributed by atoms with E-state index in [9.17, 15) is 4.39 Å². The van der Waals surface area contributed by atoms with E-state index in [2.05, 4.69) is 19.2 Å². The highest BCUT2D eigenvalue weighted by Gasteiger charge is 2.11. The summed E-state index contributed by atoms with van der Waals surface area (Å²) >= 11 is 0. The number of hydrogen-bond donors (Lipinski definition) is 1. The van der Waals surface area contributed by atoms with Gasteiger partial charge in [-0.1, -0.05) is 26.0 Å². The SMILES string of the molecule is CCCNC(CC)CN(C)c1ccccc1F. The minimum atomic E-state index is -0.152. The molecule has 0 spiro atoms. The molecule has 17 heavy (non-hydrogen) atoms. The number of halogens is 1. The lowest BCUT2D eigenvalue weighted by Crippen LogP contribution is -2.39. The van der Waals surface area contributed by atoms with Crippen molar-refractivity contribution >= 4 is 5.69 Å². The molecule has 0 bridgehead atoms. The molecule has 1 aromatic carbocycles. The van der Waals surface area contributed by atoms with Crippen LogP contribution in [0.3, 0.4) is 0 Å². The molecule has 0 fully saturated rings. The smallest absolute Gasteiger partial charge is 0.146 e. The standard InChI is InChI=1S/C14H23FN2/c1-4-10-16-12(5-2)11-17(3)14-9-7-6-8-13(14)15/h6-9,12,16H,4-5,10-11H2,1-3H3. The van der Waals surface area contributed by atoms with Crippen LogP contribution in [0.15, 0.2) is 24.3 Å². The normalized spacial score (nSPS) is 12.5. The monoisotopic (exact) mass is 238 g/mol. The Bertz CT molecular complexity index is 328. The van der Waals surface area contributed by atoms with Crippen molar-refractivity contribution < 1.29 is 4.39 Å². The molecule has 1 atom stereocenters. The Morgan fingerprint density at radius 1 is 1.29 bits per heavy atom. The van der Waals surface area contributed by atoms with E-state index in [0.717, 1.165) is 25.9 Å². The van der Waals surface area contributed by atoms with Crippen molar-refractivity contribution in [2.45, 2.75) is 32.7 Å². The number of likely N-dealkylation sites (N-methyl/N-ethyl adjacent to an activating group) is 1. The fourth-order valence-corrected chi connectivity index (χ4v) is 1.88. The van der Waals surface area contributed by atoms with E-state index in [-0.39, 0.29) is 5.82 Å². The Hall–Kier alpha value is -1.09. The lowest BCUT2D eigenvalue weighted by atomic mass is 10.2. The molecule has 1 N–H and O–H groups in total. The summed E-state index contributed by atoms with van der Waals surface area (Å²) in [6.45, 7) is 6.16. The molecule has 1 rings (SSSR count). The van der Waals surface area contributed by atoms with Gasteiger partial charge in [-0.25, -0.2) is 4.39 Å². The van der Waals surface area contributed by atoms with Crippen LogP contribution < -0.4 is 10.2 Å². The first-order valence-electron chi connectivity index (χ1n) is 6.38. The van der Waals surface area contributed by atoms with Crippen molar-refractivity contribution in [1.82, 2.24) is 5.32 Å². The minimum Gasteiger partial charge on any atom is -0.371 e. The van der Waals surface area contributed by atoms with Crippen molar-refractivity contribution in [2.75, 3.05) is 25.0 Å². The van der Waals surface area contributed by atoms with E-state index in [0.29, 0.717) is 11.7 Å². The molecule has 0 amide bonds. The Morgan fingerprint density at radius 2 is 2.00 bits per heavy atom. The summed E-state index contributed by atoms with van der Waals surface area (Å²) in [6.07, 6.45) is 2.18. The van der Waals surface area contributed by atoms with E-state index in [1.807, 2.05) is 24.1 Å². The highest BCUT2D eigenvalue weighted by molar-refractivity contribution is 5.46. The highest BCUT2D eigenvalue weighted by Crippen LogP contribution is 2.17. The average Bonchev–Trinajstić information content (AvgIpc) is 2.34. The number of benzene rings is 1. The number of nitrogens with zero attached hydrogens (tertiary/aromatic N) is 1. The number of hydrogen-bond acceptors (Lipinski definition) is 2. The van der Waals surface area contributed by atoms with E-state index in [1.54, 1.807) is 6.07 Å². The molecule has 0 aromatic heterocycles. The summed E-state index contributed by atoms with van der Waals surface area (Å²) in [5, 5.41) is 3.48. The van der Waals surface area contributed by atoms with Crippen molar-refractivity contribution in [3.63, 3.8) is 0 Å². The van der Waals surface area contributed by atoms with Crippen LogP contribution in [0, 0.1) is 5.82 Å². The van der Waals surface area contributed by atoms with Gasteiger partial charge in [-0.3, -0.25) is 0 Å². The molecular weight excluding hydrogens is 215 g/mol. The maximum absolute atomic E-state index is 13.6. The Morgan fingerprint density at radius 3 is 2.59 bits per heavy atom. The second kappa shape index (κ2) is 7.28. The molecule has 3 heteroatoms. The second-order valence-electron chi connectivity index (χ2n) is 4.39. The Balaban J connectivity index is 2.58. The molecule has 0 aliphatic rings. The van der Waals surface area contributed by atoms with Crippen LogP contribution >= 0.6 is 0 Å². The fourth-order valence-electron chi connectivity index (χ4n) is 1.88. The van der Waals surface area contributed by atoms with Gasteiger partial charge in [0.1, 0.15) is 5.82 Å². The summed E-state index contributed by atoms with van der Waals surface area (Å²) in [7, 11) is 1.94. The largest absolute Gasteiger partial charge is 0.371 e. The zero-order valence-electron chi connectivity index (χ0n) is 11.0. The van der Waals surface area contributed by atoms with Crippen molar-refractivity contribution in [3.8, 4) is 0 Å². The van der Waals surface area contributed by atoms with Crippen molar-refractivity contribution in [1.29, 1.82) is 0 Å². The van der Waals surface area contributed by atoms with Crippen molar-refractivity contribution in [2.24, 2.45) is 0 Å². The van der Waals surface area contributed by atoms with Crippen LogP contribution in [0.2, 0.25) is 0 Å². The van der Waals surface area contributed by atoms with Gasteiger partial charge in [0.05, 0.1) is 5.69 Å². The lowest BCUT2D eigenvalue weighted by Gasteiger charge is -2.26. The summed E-state index contributed by atoms with van der Waals surface area (Å²) in [4.78, 5) is 1.98. The minimum absolute atomic E-state index is 0.152. The molecule has 1 unspecified atom stereocenters. The number of rotatable bonds is 7. The van der Waals surface area contributed by atoms with Crippen LogP contribution in [-0.2, 0) is 0 Å². The first-order valence-corrected chi connectivity index (χ1v) is 6.38. The third-order valence-electron chi connectivity index (χ3n) is 2.93. The van der Waals surface area contributed by atoms with Gasteiger partial charge in [-0.2, -0.15) is 0 Å². The number of para-hydroxylation sites is 1. The van der Waals surface area contributed by atoms with Crippen LogP contribution in [0.4, 0.5) is 10.1 Å². The molecule has 0 aliphatic heterocycles. The summed E-state index contributed by atoms with van der Waals surface area (Å²) in [5.74, 6) is -0.152. The van der Waals surface area contributed by atoms with Gasteiger partial charge in [0.2, 0.25) is 0 Å². The third-order valence-corrected chi connectivity index (χ3v) is 2.93. The first kappa shape index (κ1) is 14.0. The molecule has 0 aliphatic carbocycles. The zero-order valence-corrected chi connectivity index (χ0v) is 11.0. The maximum Gasteiger partial charge on any atom is 0.146 e. The first-order chi connectivity index (χ1) is 8.19. The molecule has 0 saturated carbocycles. The van der Waals surface area contributed by atoms with Gasteiger partial charge in [0.25, 0.3) is 0 Å². The van der Waals surface area contributed by atoms with E-state index < -0.39 is 0 Å². The summed E-state index contributed by atoms with van der Waals surface area (Å²) in [5.41, 5.74) is 0.671. The van der Waals surface area contributed by atoms with Crippen LogP contribution in [-0.4, -0.2) is 26.2 Å². The molecule has 1 aromatic rings. The zero-order chi connectivity index (χ0) is 12.7. The number of anilines is 1. The summed E-state index contributed by atoms with van der Waals surface area (Å²) < 4.78 is 13.6. The van der Waals surface area contributed by atoms with Crippen LogP contribution in [0.5, 0.6) is 0 Å². The van der Waals surface area contributed by atoms with Crippen LogP contribution in [0.25, 0.3) is 0 Å². The fraction of sp³-hybridized carbons (Fsp3) is 0.571. The number of nitrogens with one attached hydrogen (secondary N) is 1. The van der Waals surface area contributed by atoms with Crippen molar-refractivity contribution in [3.05, 3.63) is 30.1 Å². The van der Waals surface area contributed by atoms with E-state index >= 15 is 0 Å². The topological polar surface area (TPSA) is 15.3 Å². The van der Waals surface area contributed by atoms with Gasteiger partial charge in [0, 0.05) is 19.6 Å². The molecule has 0 heterocycles. The third kappa shape index (κ3) is 4.35. The van der Waals surface area contributed by atoms with Gasteiger partial charge in [-0.15, -0.1) is 0 Å². The van der Waals surface area contributed by atoms with Crippen LogP contribution in [0.1, 0.15) is 26.7 Å². The Kier molecular flexibility index (Phi) is 5.98. The molecule has 2 nitrogen and oxygen atoms in total. The summed E-state index contributed by atoms with van der Waals surface area (Å²) in [6, 6.07) is 7.34. The second-order valence-corrected chi connectivity index (χ2v) is 4.39. The van der Waals surface area contributed by atoms with Gasteiger partial charge >= 0.3 is 0 Å². The molecular formula is C14H23FN2. The highest BCUT2D eigenvalue weighted by atomic mass is 19.1. The van der Waals surface area contributed by atoms with E-state index in [1.165, 1.54) is 6.07 Å². The Labute approximate surface area is 104 Å². The maximum atomic E-state index is 13.6. The molecule has 96 valence electrons. The molecule has 0 radical (unpaired) electrons. The van der Waals surface area contributed by atoms with E-state index in [4.69, 9.17) is 0 Å². The van der Waals surface area contributed by atoms with Gasteiger partial charge in [-0.05, 0) is 31.5 Å².